The van der Waals surface area contributed by atoms with Gasteiger partial charge < -0.3 is 14.7 Å². The molecule has 2 fully saturated rings. The van der Waals surface area contributed by atoms with Crippen molar-refractivity contribution in [2.45, 2.75) is 38.3 Å². The third-order valence-corrected chi connectivity index (χ3v) is 7.43. The van der Waals surface area contributed by atoms with Crippen LogP contribution in [0.4, 0.5) is 4.39 Å². The summed E-state index contributed by atoms with van der Waals surface area (Å²) in [4.78, 5) is 15.8. The largest absolute Gasteiger partial charge is 0.490 e. The number of halogens is 1. The van der Waals surface area contributed by atoms with E-state index in [0.29, 0.717) is 56.9 Å². The van der Waals surface area contributed by atoms with Gasteiger partial charge in [-0.15, -0.1) is 0 Å². The summed E-state index contributed by atoms with van der Waals surface area (Å²) < 4.78 is 44.4. The van der Waals surface area contributed by atoms with E-state index in [-0.39, 0.29) is 30.9 Å². The molecule has 1 N–H and O–H groups in total. The first-order valence-electron chi connectivity index (χ1n) is 10.5. The van der Waals surface area contributed by atoms with Crippen LogP contribution in [-0.2, 0) is 14.8 Å². The highest BCUT2D eigenvalue weighted by molar-refractivity contribution is 7.88. The van der Waals surface area contributed by atoms with Crippen LogP contribution in [0.15, 0.2) is 18.2 Å². The van der Waals surface area contributed by atoms with Crippen molar-refractivity contribution in [3.05, 3.63) is 29.6 Å². The zero-order valence-corrected chi connectivity index (χ0v) is 19.2. The summed E-state index contributed by atoms with van der Waals surface area (Å²) in [5.74, 6) is 0.0126. The lowest BCUT2D eigenvalue weighted by Gasteiger charge is -2.39. The molecular weight excluding hydrogens is 425 g/mol. The zero-order valence-electron chi connectivity index (χ0n) is 18.4. The number of amides is 1. The van der Waals surface area contributed by atoms with Crippen LogP contribution >= 0.6 is 0 Å². The van der Waals surface area contributed by atoms with Crippen LogP contribution in [0, 0.1) is 12.7 Å². The topological polar surface area (TPSA) is 90.4 Å². The van der Waals surface area contributed by atoms with Crippen molar-refractivity contribution in [2.24, 2.45) is 0 Å². The van der Waals surface area contributed by atoms with Gasteiger partial charge in [0.2, 0.25) is 15.9 Å². The maximum Gasteiger partial charge on any atom is 0.219 e. The SMILES string of the molecule is CC(=O)N1CCN(C2CCN(S(C)(=O)=O)CC2)C[C@@](O)(COc2ccc(F)c(C)c2)C1. The first-order chi connectivity index (χ1) is 14.5. The van der Waals surface area contributed by atoms with Gasteiger partial charge in [-0.3, -0.25) is 9.69 Å². The van der Waals surface area contributed by atoms with Crippen LogP contribution in [-0.4, -0.2) is 97.3 Å². The molecule has 0 spiro atoms. The van der Waals surface area contributed by atoms with E-state index in [1.54, 1.807) is 17.9 Å². The molecule has 2 saturated heterocycles. The molecule has 1 aromatic carbocycles. The van der Waals surface area contributed by atoms with E-state index in [9.17, 15) is 22.7 Å². The van der Waals surface area contributed by atoms with E-state index in [0.717, 1.165) is 0 Å². The number of benzene rings is 1. The van der Waals surface area contributed by atoms with Crippen molar-refractivity contribution < 1.29 is 27.4 Å². The van der Waals surface area contributed by atoms with E-state index in [4.69, 9.17) is 4.74 Å². The average Bonchev–Trinajstić information content (AvgIpc) is 2.88. The maximum absolute atomic E-state index is 13.5. The molecule has 0 bridgehead atoms. The molecule has 10 heteroatoms. The normalized spacial score (nSPS) is 24.7. The number of piperidine rings is 1. The lowest BCUT2D eigenvalue weighted by atomic mass is 10.00. The maximum atomic E-state index is 13.5. The highest BCUT2D eigenvalue weighted by atomic mass is 32.2. The third kappa shape index (κ3) is 6.15. The molecule has 174 valence electrons. The Morgan fingerprint density at radius 3 is 2.48 bits per heavy atom. The Kier molecular flexibility index (Phi) is 7.25. The van der Waals surface area contributed by atoms with Crippen LogP contribution in [0.5, 0.6) is 5.75 Å². The van der Waals surface area contributed by atoms with E-state index in [1.165, 1.54) is 29.6 Å². The van der Waals surface area contributed by atoms with Gasteiger partial charge in [0.05, 0.1) is 12.8 Å². The molecule has 2 aliphatic heterocycles. The molecule has 1 atom stereocenters. The molecule has 0 aromatic heterocycles. The fourth-order valence-electron chi connectivity index (χ4n) is 4.33. The summed E-state index contributed by atoms with van der Waals surface area (Å²) in [5.41, 5.74) is -0.853. The summed E-state index contributed by atoms with van der Waals surface area (Å²) in [7, 11) is -3.21. The number of nitrogens with zero attached hydrogens (tertiary/aromatic N) is 3. The molecule has 1 amide bonds. The van der Waals surface area contributed by atoms with Crippen molar-refractivity contribution in [1.82, 2.24) is 14.1 Å². The fourth-order valence-corrected chi connectivity index (χ4v) is 5.20. The van der Waals surface area contributed by atoms with Gasteiger partial charge in [0.1, 0.15) is 23.8 Å². The number of β-amino-alcohol motifs (C(OH)–C–C–N with tert-alkyl or cyclic N) is 1. The Labute approximate surface area is 183 Å². The molecule has 1 aromatic rings. The van der Waals surface area contributed by atoms with Gasteiger partial charge in [0.15, 0.2) is 0 Å². The second-order valence-electron chi connectivity index (χ2n) is 8.73. The Morgan fingerprint density at radius 2 is 1.90 bits per heavy atom. The smallest absolute Gasteiger partial charge is 0.219 e. The van der Waals surface area contributed by atoms with E-state index >= 15 is 0 Å². The van der Waals surface area contributed by atoms with Crippen molar-refractivity contribution in [2.75, 3.05) is 52.1 Å². The van der Waals surface area contributed by atoms with Crippen LogP contribution in [0.25, 0.3) is 0 Å². The third-order valence-electron chi connectivity index (χ3n) is 6.13. The summed E-state index contributed by atoms with van der Waals surface area (Å²) in [6.45, 7) is 5.50. The minimum absolute atomic E-state index is 0.0411. The van der Waals surface area contributed by atoms with Crippen molar-refractivity contribution in [1.29, 1.82) is 0 Å². The summed E-state index contributed by atoms with van der Waals surface area (Å²) in [6.07, 6.45) is 2.56. The molecule has 2 aliphatic rings. The standard InChI is InChI=1S/C21H32FN3O5S/c1-16-12-19(4-5-20(16)22)30-15-21(27)13-23(17(2)26)10-11-24(14-21)18-6-8-25(9-7-18)31(3,28)29/h4-5,12,18,27H,6-11,13-15H2,1-3H3/t21-/m1/s1. The van der Waals surface area contributed by atoms with Crippen LogP contribution in [0.3, 0.4) is 0 Å². The van der Waals surface area contributed by atoms with Gasteiger partial charge in [-0.05, 0) is 43.5 Å². The molecule has 3 rings (SSSR count). The van der Waals surface area contributed by atoms with Gasteiger partial charge in [0.25, 0.3) is 0 Å². The zero-order chi connectivity index (χ0) is 22.8. The van der Waals surface area contributed by atoms with E-state index in [2.05, 4.69) is 4.90 Å². The van der Waals surface area contributed by atoms with Gasteiger partial charge in [0, 0.05) is 45.7 Å². The van der Waals surface area contributed by atoms with Crippen molar-refractivity contribution in [3.8, 4) is 5.75 Å². The molecule has 0 radical (unpaired) electrons. The number of carbonyl (C=O) groups is 1. The number of hydrogen-bond donors (Lipinski definition) is 1. The van der Waals surface area contributed by atoms with E-state index in [1.807, 2.05) is 0 Å². The fraction of sp³-hybridized carbons (Fsp3) is 0.667. The Balaban J connectivity index is 1.71. The van der Waals surface area contributed by atoms with Gasteiger partial charge in [-0.1, -0.05) is 0 Å². The second-order valence-corrected chi connectivity index (χ2v) is 10.7. The van der Waals surface area contributed by atoms with Crippen molar-refractivity contribution in [3.63, 3.8) is 0 Å². The highest BCUT2D eigenvalue weighted by Crippen LogP contribution is 2.25. The summed E-state index contributed by atoms with van der Waals surface area (Å²) in [6, 6.07) is 4.54. The molecule has 0 saturated carbocycles. The predicted molar refractivity (Wildman–Crippen MR) is 115 cm³/mol. The lowest BCUT2D eigenvalue weighted by Crippen LogP contribution is -2.55. The molecule has 0 unspecified atom stereocenters. The van der Waals surface area contributed by atoms with Crippen LogP contribution in [0.2, 0.25) is 0 Å². The molecule has 0 aliphatic carbocycles. The van der Waals surface area contributed by atoms with Gasteiger partial charge >= 0.3 is 0 Å². The Hall–Kier alpha value is -1.75. The first-order valence-corrected chi connectivity index (χ1v) is 12.4. The van der Waals surface area contributed by atoms with Crippen molar-refractivity contribution >= 4 is 15.9 Å². The molecule has 8 nitrogen and oxygen atoms in total. The Morgan fingerprint density at radius 1 is 1.23 bits per heavy atom. The average molecular weight is 458 g/mol. The minimum Gasteiger partial charge on any atom is -0.490 e. The number of aryl methyl sites for hydroxylation is 1. The number of ether oxygens (including phenoxy) is 1. The number of rotatable bonds is 5. The first kappa shape index (κ1) is 23.9. The second kappa shape index (κ2) is 9.40. The number of aliphatic hydroxyl groups is 1. The van der Waals surface area contributed by atoms with Gasteiger partial charge in [-0.2, -0.15) is 0 Å². The monoisotopic (exact) mass is 457 g/mol. The van der Waals surface area contributed by atoms with Crippen LogP contribution in [0.1, 0.15) is 25.3 Å². The number of carbonyl (C=O) groups excluding carboxylic acids is 1. The van der Waals surface area contributed by atoms with E-state index < -0.39 is 15.6 Å². The number of sulfonamides is 1. The van der Waals surface area contributed by atoms with Crippen LogP contribution < -0.4 is 4.74 Å². The highest BCUT2D eigenvalue weighted by Gasteiger charge is 2.40. The predicted octanol–water partition coefficient (Wildman–Crippen LogP) is 0.832. The molecule has 2 heterocycles. The summed E-state index contributed by atoms with van der Waals surface area (Å²) >= 11 is 0. The molecule has 31 heavy (non-hydrogen) atoms. The lowest BCUT2D eigenvalue weighted by molar-refractivity contribution is -0.132. The summed E-state index contributed by atoms with van der Waals surface area (Å²) in [5, 5.41) is 11.4. The minimum atomic E-state index is -3.21. The Bertz CT molecular complexity index is 904. The molecular formula is C21H32FN3O5S. The quantitative estimate of drug-likeness (QED) is 0.705. The van der Waals surface area contributed by atoms with Gasteiger partial charge in [-0.25, -0.2) is 17.1 Å². The number of hydrogen-bond acceptors (Lipinski definition) is 6.